The van der Waals surface area contributed by atoms with E-state index in [1.807, 2.05) is 0 Å². The summed E-state index contributed by atoms with van der Waals surface area (Å²) < 4.78 is 18.0. The van der Waals surface area contributed by atoms with Crippen LogP contribution < -0.4 is 4.74 Å². The maximum Gasteiger partial charge on any atom is 0.407 e. The molecule has 0 aliphatic heterocycles. The third-order valence-corrected chi connectivity index (χ3v) is 2.07. The number of halogens is 1. The minimum atomic E-state index is -1.06. The first-order chi connectivity index (χ1) is 8.04. The number of carboxylic acid groups (broad SMARTS) is 1. The number of hydrogen-bond acceptors (Lipinski definition) is 3. The molecule has 0 spiro atoms. The molecule has 0 aromatic heterocycles. The van der Waals surface area contributed by atoms with Gasteiger partial charge in [-0.1, -0.05) is 0 Å². The highest BCUT2D eigenvalue weighted by molar-refractivity contribution is 5.64. The van der Waals surface area contributed by atoms with Crippen LogP contribution in [0.4, 0.5) is 9.18 Å². The molecule has 0 heterocycles. The molecule has 0 saturated carbocycles. The number of hydrogen-bond donors (Lipinski definition) is 1. The van der Waals surface area contributed by atoms with Crippen molar-refractivity contribution in [3.63, 3.8) is 0 Å². The van der Waals surface area contributed by atoms with Crippen molar-refractivity contribution in [2.24, 2.45) is 0 Å². The number of nitrogens with zero attached hydrogens (tertiary/aromatic N) is 2. The predicted octanol–water partition coefficient (Wildman–Crippen LogP) is 1.69. The van der Waals surface area contributed by atoms with Gasteiger partial charge in [0.15, 0.2) is 0 Å². The molecule has 5 nitrogen and oxygen atoms in total. The average molecular weight is 238 g/mol. The highest BCUT2D eigenvalue weighted by Crippen LogP contribution is 2.18. The van der Waals surface area contributed by atoms with Crippen molar-refractivity contribution in [3.8, 4) is 11.8 Å². The highest BCUT2D eigenvalue weighted by Gasteiger charge is 2.07. The average Bonchev–Trinajstić information content (AvgIpc) is 2.30. The van der Waals surface area contributed by atoms with Gasteiger partial charge >= 0.3 is 6.09 Å². The molecule has 0 aliphatic rings. The van der Waals surface area contributed by atoms with Crippen LogP contribution in [-0.4, -0.2) is 36.3 Å². The van der Waals surface area contributed by atoms with Crippen molar-refractivity contribution in [3.05, 3.63) is 29.6 Å². The van der Waals surface area contributed by atoms with E-state index >= 15 is 0 Å². The van der Waals surface area contributed by atoms with Crippen molar-refractivity contribution < 1.29 is 19.0 Å². The maximum atomic E-state index is 12.8. The number of rotatable bonds is 4. The fraction of sp³-hybridized carbons (Fsp3) is 0.273. The molecule has 1 rings (SSSR count). The van der Waals surface area contributed by atoms with E-state index in [4.69, 9.17) is 15.1 Å². The maximum absolute atomic E-state index is 12.8. The van der Waals surface area contributed by atoms with Crippen LogP contribution >= 0.6 is 0 Å². The lowest BCUT2D eigenvalue weighted by atomic mass is 10.2. The molecule has 17 heavy (non-hydrogen) atoms. The summed E-state index contributed by atoms with van der Waals surface area (Å²) in [5.74, 6) is -0.274. The Kier molecular flexibility index (Phi) is 4.29. The second kappa shape index (κ2) is 5.70. The van der Waals surface area contributed by atoms with E-state index in [0.29, 0.717) is 0 Å². The normalized spacial score (nSPS) is 9.47. The van der Waals surface area contributed by atoms with E-state index in [1.165, 1.54) is 19.2 Å². The Labute approximate surface area is 97.6 Å². The zero-order valence-electron chi connectivity index (χ0n) is 9.18. The van der Waals surface area contributed by atoms with E-state index in [2.05, 4.69) is 0 Å². The SMILES string of the molecule is CN(CCOc1ccc(F)cc1C#N)C(=O)O. The van der Waals surface area contributed by atoms with Crippen molar-refractivity contribution in [2.45, 2.75) is 0 Å². The third-order valence-electron chi connectivity index (χ3n) is 2.07. The summed E-state index contributed by atoms with van der Waals surface area (Å²) in [5, 5.41) is 17.3. The Hall–Kier alpha value is -2.29. The highest BCUT2D eigenvalue weighted by atomic mass is 19.1. The molecule has 0 unspecified atom stereocenters. The van der Waals surface area contributed by atoms with Gasteiger partial charge in [0, 0.05) is 7.05 Å². The van der Waals surface area contributed by atoms with Crippen LogP contribution in [0.1, 0.15) is 5.56 Å². The molecule has 6 heteroatoms. The number of amides is 1. The molecular weight excluding hydrogens is 227 g/mol. The predicted molar refractivity (Wildman–Crippen MR) is 57.3 cm³/mol. The van der Waals surface area contributed by atoms with Gasteiger partial charge in [0.05, 0.1) is 12.1 Å². The van der Waals surface area contributed by atoms with Gasteiger partial charge in [-0.2, -0.15) is 5.26 Å². The molecule has 0 aliphatic carbocycles. The van der Waals surface area contributed by atoms with Crippen LogP contribution in [0.25, 0.3) is 0 Å². The van der Waals surface area contributed by atoms with Gasteiger partial charge in [0.25, 0.3) is 0 Å². The minimum absolute atomic E-state index is 0.0861. The molecule has 0 radical (unpaired) electrons. The molecule has 1 N–H and O–H groups in total. The first-order valence-electron chi connectivity index (χ1n) is 4.81. The third kappa shape index (κ3) is 3.65. The smallest absolute Gasteiger partial charge is 0.407 e. The molecule has 0 fully saturated rings. The van der Waals surface area contributed by atoms with E-state index < -0.39 is 11.9 Å². The van der Waals surface area contributed by atoms with Gasteiger partial charge in [-0.3, -0.25) is 0 Å². The van der Waals surface area contributed by atoms with Crippen molar-refractivity contribution in [1.29, 1.82) is 5.26 Å². The molecular formula is C11H11FN2O3. The fourth-order valence-corrected chi connectivity index (χ4v) is 1.10. The zero-order valence-corrected chi connectivity index (χ0v) is 9.18. The van der Waals surface area contributed by atoms with Crippen LogP contribution in [0.5, 0.6) is 5.75 Å². The van der Waals surface area contributed by atoms with Gasteiger partial charge < -0.3 is 14.7 Å². The van der Waals surface area contributed by atoms with Gasteiger partial charge in [-0.05, 0) is 18.2 Å². The number of likely N-dealkylation sites (N-methyl/N-ethyl adjacent to an activating group) is 1. The molecule has 90 valence electrons. The van der Waals surface area contributed by atoms with Crippen molar-refractivity contribution >= 4 is 6.09 Å². The molecule has 1 amide bonds. The van der Waals surface area contributed by atoms with Gasteiger partial charge in [-0.15, -0.1) is 0 Å². The summed E-state index contributed by atoms with van der Waals surface area (Å²) in [6.45, 7) is 0.265. The van der Waals surface area contributed by atoms with Crippen LogP contribution in [0.15, 0.2) is 18.2 Å². The number of benzene rings is 1. The summed E-state index contributed by atoms with van der Waals surface area (Å²) in [5.41, 5.74) is 0.0861. The lowest BCUT2D eigenvalue weighted by molar-refractivity contribution is 0.147. The quantitative estimate of drug-likeness (QED) is 0.866. The van der Waals surface area contributed by atoms with Crippen LogP contribution in [0.3, 0.4) is 0 Å². The summed E-state index contributed by atoms with van der Waals surface area (Å²) in [7, 11) is 1.40. The molecule has 0 saturated heterocycles. The van der Waals surface area contributed by atoms with E-state index in [0.717, 1.165) is 11.0 Å². The van der Waals surface area contributed by atoms with Crippen LogP contribution in [0.2, 0.25) is 0 Å². The molecule has 1 aromatic rings. The first-order valence-corrected chi connectivity index (χ1v) is 4.81. The molecule has 0 atom stereocenters. The standard InChI is InChI=1S/C11H11FN2O3/c1-14(11(15)16)4-5-17-10-3-2-9(12)6-8(10)7-13/h2-3,6H,4-5H2,1H3,(H,15,16). The second-order valence-corrected chi connectivity index (χ2v) is 3.30. The fourth-order valence-electron chi connectivity index (χ4n) is 1.10. The monoisotopic (exact) mass is 238 g/mol. The van der Waals surface area contributed by atoms with Crippen LogP contribution in [-0.2, 0) is 0 Å². The Balaban J connectivity index is 2.58. The van der Waals surface area contributed by atoms with Gasteiger partial charge in [0.1, 0.15) is 24.2 Å². The lowest BCUT2D eigenvalue weighted by Gasteiger charge is -2.13. The summed E-state index contributed by atoms with van der Waals surface area (Å²) in [6, 6.07) is 5.39. The first kappa shape index (κ1) is 12.8. The van der Waals surface area contributed by atoms with Gasteiger partial charge in [0.2, 0.25) is 0 Å². The summed E-state index contributed by atoms with van der Waals surface area (Å²) in [4.78, 5) is 11.5. The molecule has 0 bridgehead atoms. The largest absolute Gasteiger partial charge is 0.490 e. The summed E-state index contributed by atoms with van der Waals surface area (Å²) >= 11 is 0. The zero-order chi connectivity index (χ0) is 12.8. The van der Waals surface area contributed by atoms with Crippen molar-refractivity contribution in [1.82, 2.24) is 4.90 Å². The Morgan fingerprint density at radius 3 is 2.94 bits per heavy atom. The molecule has 1 aromatic carbocycles. The lowest BCUT2D eigenvalue weighted by Crippen LogP contribution is -2.29. The van der Waals surface area contributed by atoms with Gasteiger partial charge in [-0.25, -0.2) is 9.18 Å². The number of carbonyl (C=O) groups is 1. The number of ether oxygens (including phenoxy) is 1. The summed E-state index contributed by atoms with van der Waals surface area (Å²) in [6.07, 6.45) is -1.06. The Morgan fingerprint density at radius 2 is 2.35 bits per heavy atom. The Bertz CT molecular complexity index is 457. The van der Waals surface area contributed by atoms with E-state index in [1.54, 1.807) is 6.07 Å². The van der Waals surface area contributed by atoms with E-state index in [9.17, 15) is 9.18 Å². The number of nitriles is 1. The van der Waals surface area contributed by atoms with E-state index in [-0.39, 0.29) is 24.5 Å². The Morgan fingerprint density at radius 1 is 1.65 bits per heavy atom. The van der Waals surface area contributed by atoms with Crippen molar-refractivity contribution in [2.75, 3.05) is 20.2 Å². The second-order valence-electron chi connectivity index (χ2n) is 3.30. The van der Waals surface area contributed by atoms with Crippen LogP contribution in [0, 0.1) is 17.1 Å². The minimum Gasteiger partial charge on any atom is -0.490 e. The topological polar surface area (TPSA) is 73.6 Å².